The number of imide groups is 1. The third-order valence-corrected chi connectivity index (χ3v) is 4.08. The molecule has 1 aromatic carbocycles. The molecule has 1 aromatic heterocycles. The van der Waals surface area contributed by atoms with E-state index in [4.69, 9.17) is 0 Å². The number of carbonyl (C=O) groups excluding carboxylic acids is 3. The lowest BCUT2D eigenvalue weighted by Gasteiger charge is -2.09. The van der Waals surface area contributed by atoms with E-state index in [1.54, 1.807) is 32.3 Å². The lowest BCUT2D eigenvalue weighted by atomic mass is 10.1. The van der Waals surface area contributed by atoms with Crippen molar-refractivity contribution in [1.82, 2.24) is 19.4 Å². The van der Waals surface area contributed by atoms with Crippen molar-refractivity contribution < 1.29 is 19.1 Å². The van der Waals surface area contributed by atoms with Gasteiger partial charge in [-0.2, -0.15) is 0 Å². The maximum absolute atomic E-state index is 12.3. The van der Waals surface area contributed by atoms with E-state index in [-0.39, 0.29) is 11.4 Å². The van der Waals surface area contributed by atoms with Crippen molar-refractivity contribution in [3.63, 3.8) is 0 Å². The molecular weight excluding hydrogens is 328 g/mol. The minimum absolute atomic E-state index is 0.0502. The molecule has 3 amide bonds. The van der Waals surface area contributed by atoms with Crippen LogP contribution in [0.25, 0.3) is 17.1 Å². The van der Waals surface area contributed by atoms with Gasteiger partial charge in [0.1, 0.15) is 12.2 Å². The maximum Gasteiger partial charge on any atom is 0.329 e. The van der Waals surface area contributed by atoms with Gasteiger partial charge in [-0.1, -0.05) is 6.07 Å². The zero-order valence-electron chi connectivity index (χ0n) is 13.9. The molecule has 0 saturated carbocycles. The van der Waals surface area contributed by atoms with Crippen molar-refractivity contribution in [2.75, 3.05) is 13.7 Å². The fourth-order valence-corrected chi connectivity index (χ4v) is 2.69. The van der Waals surface area contributed by atoms with Crippen LogP contribution in [0.1, 0.15) is 5.56 Å². The molecule has 1 aliphatic rings. The van der Waals surface area contributed by atoms with Gasteiger partial charge in [0.15, 0.2) is 0 Å². The van der Waals surface area contributed by atoms with Crippen LogP contribution in [0.15, 0.2) is 28.7 Å². The molecule has 1 N–H and O–H groups in total. The van der Waals surface area contributed by atoms with Crippen molar-refractivity contribution in [2.24, 2.45) is 14.1 Å². The predicted octanol–water partition coefficient (Wildman–Crippen LogP) is -0.0573. The molecule has 1 saturated heterocycles. The molecule has 9 heteroatoms. The average Bonchev–Trinajstić information content (AvgIpc) is 2.98. The number of amides is 3. The molecule has 0 bridgehead atoms. The Bertz CT molecular complexity index is 998. The van der Waals surface area contributed by atoms with E-state index in [1.807, 2.05) is 0 Å². The summed E-state index contributed by atoms with van der Waals surface area (Å²) in [6.45, 7) is -0.454. The average molecular weight is 344 g/mol. The largest absolute Gasteiger partial charge is 0.468 e. The molecule has 1 aliphatic heterocycles. The van der Waals surface area contributed by atoms with Crippen molar-refractivity contribution in [2.45, 2.75) is 0 Å². The maximum atomic E-state index is 12.3. The zero-order chi connectivity index (χ0) is 18.3. The van der Waals surface area contributed by atoms with Gasteiger partial charge in [0.2, 0.25) is 0 Å². The van der Waals surface area contributed by atoms with Crippen LogP contribution in [-0.2, 0) is 28.4 Å². The second kappa shape index (κ2) is 5.93. The van der Waals surface area contributed by atoms with E-state index < -0.39 is 24.5 Å². The highest BCUT2D eigenvalue weighted by Gasteiger charge is 2.35. The van der Waals surface area contributed by atoms with Gasteiger partial charge in [-0.15, -0.1) is 0 Å². The number of nitrogens with one attached hydrogen (secondary N) is 1. The Morgan fingerprint density at radius 3 is 2.52 bits per heavy atom. The minimum Gasteiger partial charge on any atom is -0.468 e. The van der Waals surface area contributed by atoms with Crippen LogP contribution in [0, 0.1) is 0 Å². The molecule has 0 spiro atoms. The predicted molar refractivity (Wildman–Crippen MR) is 88.4 cm³/mol. The van der Waals surface area contributed by atoms with Gasteiger partial charge < -0.3 is 10.1 Å². The van der Waals surface area contributed by atoms with Crippen LogP contribution in [-0.4, -0.2) is 45.6 Å². The number of hydrogen-bond acceptors (Lipinski definition) is 5. The summed E-state index contributed by atoms with van der Waals surface area (Å²) in [7, 11) is 4.51. The molecule has 1 fully saturated rings. The Morgan fingerprint density at radius 1 is 1.16 bits per heavy atom. The van der Waals surface area contributed by atoms with Crippen LogP contribution < -0.4 is 11.0 Å². The third-order valence-electron chi connectivity index (χ3n) is 4.08. The summed E-state index contributed by atoms with van der Waals surface area (Å²) < 4.78 is 7.49. The molecule has 0 atom stereocenters. The summed E-state index contributed by atoms with van der Waals surface area (Å²) in [5, 5.41) is 2.43. The summed E-state index contributed by atoms with van der Waals surface area (Å²) in [5.41, 5.74) is 1.98. The highest BCUT2D eigenvalue weighted by molar-refractivity contribution is 6.15. The number of ether oxygens (including phenoxy) is 1. The van der Waals surface area contributed by atoms with Crippen LogP contribution in [0.4, 0.5) is 4.79 Å². The number of methoxy groups -OCH3 is 1. The fraction of sp³-hybridized carbons (Fsp3) is 0.250. The van der Waals surface area contributed by atoms with Gasteiger partial charge in [-0.3, -0.25) is 18.7 Å². The van der Waals surface area contributed by atoms with Crippen LogP contribution in [0.3, 0.4) is 0 Å². The van der Waals surface area contributed by atoms with Gasteiger partial charge in [-0.25, -0.2) is 14.5 Å². The normalized spacial score (nSPS) is 16.0. The van der Waals surface area contributed by atoms with E-state index in [9.17, 15) is 19.2 Å². The van der Waals surface area contributed by atoms with Gasteiger partial charge in [0, 0.05) is 14.1 Å². The summed E-state index contributed by atoms with van der Waals surface area (Å²) in [4.78, 5) is 48.1. The van der Waals surface area contributed by atoms with Crippen molar-refractivity contribution in [1.29, 1.82) is 0 Å². The standard InChI is InChI=1S/C16H16N4O5/c1-18-11-5-4-9(7-12(11)19(2)16(18)24)6-10-14(22)20(15(23)17-10)8-13(21)25-3/h4-7H,8H2,1-3H3,(H,17,23). The first-order valence-electron chi connectivity index (χ1n) is 7.40. The monoisotopic (exact) mass is 344 g/mol. The molecule has 25 heavy (non-hydrogen) atoms. The Balaban J connectivity index is 1.96. The molecule has 9 nitrogen and oxygen atoms in total. The van der Waals surface area contributed by atoms with Gasteiger partial charge in [-0.05, 0) is 23.8 Å². The first-order valence-corrected chi connectivity index (χ1v) is 7.40. The minimum atomic E-state index is -0.689. The van der Waals surface area contributed by atoms with Crippen LogP contribution in [0.2, 0.25) is 0 Å². The molecule has 0 unspecified atom stereocenters. The zero-order valence-corrected chi connectivity index (χ0v) is 13.9. The Labute approximate surface area is 142 Å². The molecule has 2 heterocycles. The van der Waals surface area contributed by atoms with Gasteiger partial charge in [0.25, 0.3) is 5.91 Å². The smallest absolute Gasteiger partial charge is 0.329 e. The van der Waals surface area contributed by atoms with E-state index >= 15 is 0 Å². The number of aromatic nitrogens is 2. The van der Waals surface area contributed by atoms with E-state index in [2.05, 4.69) is 10.1 Å². The highest BCUT2D eigenvalue weighted by Crippen LogP contribution is 2.18. The van der Waals surface area contributed by atoms with Crippen LogP contribution >= 0.6 is 0 Å². The number of hydrogen-bond donors (Lipinski definition) is 1. The molecule has 130 valence electrons. The number of nitrogens with zero attached hydrogens (tertiary/aromatic N) is 3. The Morgan fingerprint density at radius 2 is 1.84 bits per heavy atom. The van der Waals surface area contributed by atoms with E-state index in [0.29, 0.717) is 11.1 Å². The number of esters is 1. The third kappa shape index (κ3) is 2.69. The second-order valence-corrected chi connectivity index (χ2v) is 5.60. The lowest BCUT2D eigenvalue weighted by molar-refractivity contribution is -0.143. The number of urea groups is 1. The van der Waals surface area contributed by atoms with Gasteiger partial charge >= 0.3 is 17.7 Å². The topological polar surface area (TPSA) is 103 Å². The van der Waals surface area contributed by atoms with Crippen LogP contribution in [0.5, 0.6) is 0 Å². The number of benzene rings is 1. The first-order chi connectivity index (χ1) is 11.8. The molecule has 0 radical (unpaired) electrons. The van der Waals surface area contributed by atoms with E-state index in [0.717, 1.165) is 10.4 Å². The van der Waals surface area contributed by atoms with E-state index in [1.165, 1.54) is 22.3 Å². The molecule has 3 rings (SSSR count). The van der Waals surface area contributed by atoms with Crippen molar-refractivity contribution in [3.05, 3.63) is 39.9 Å². The summed E-state index contributed by atoms with van der Waals surface area (Å²) in [6.07, 6.45) is 1.49. The van der Waals surface area contributed by atoms with Crippen molar-refractivity contribution >= 4 is 35.0 Å². The second-order valence-electron chi connectivity index (χ2n) is 5.60. The Hall–Kier alpha value is -3.36. The van der Waals surface area contributed by atoms with Crippen molar-refractivity contribution in [3.8, 4) is 0 Å². The first kappa shape index (κ1) is 16.5. The van der Waals surface area contributed by atoms with Gasteiger partial charge in [0.05, 0.1) is 18.1 Å². The molecular formula is C16H16N4O5. The number of aryl methyl sites for hydroxylation is 2. The quantitative estimate of drug-likeness (QED) is 0.477. The molecule has 0 aliphatic carbocycles. The Kier molecular flexibility index (Phi) is 3.91. The summed E-state index contributed by atoms with van der Waals surface area (Å²) in [6, 6.07) is 4.55. The lowest BCUT2D eigenvalue weighted by Crippen LogP contribution is -2.36. The fourth-order valence-electron chi connectivity index (χ4n) is 2.69. The number of rotatable bonds is 3. The SMILES string of the molecule is COC(=O)CN1C(=O)NC(=Cc2ccc3c(c2)n(C)c(=O)n3C)C1=O. The molecule has 2 aromatic rings. The highest BCUT2D eigenvalue weighted by atomic mass is 16.5. The number of imidazole rings is 1. The summed E-state index contributed by atoms with van der Waals surface area (Å²) >= 11 is 0. The number of fused-ring (bicyclic) bond motifs is 1. The summed E-state index contributed by atoms with van der Waals surface area (Å²) in [5.74, 6) is -1.30. The number of carbonyl (C=O) groups is 3.